The largest absolute Gasteiger partial charge is 0.326 e. The second kappa shape index (κ2) is 5.96. The van der Waals surface area contributed by atoms with Crippen LogP contribution in [0.5, 0.6) is 0 Å². The van der Waals surface area contributed by atoms with Crippen LogP contribution in [-0.2, 0) is 21.3 Å². The molecule has 0 fully saturated rings. The lowest BCUT2D eigenvalue weighted by Crippen LogP contribution is -2.12. The van der Waals surface area contributed by atoms with E-state index in [1.807, 2.05) is 18.2 Å². The summed E-state index contributed by atoms with van der Waals surface area (Å²) < 4.78 is 11.3. The maximum absolute atomic E-state index is 11.3. The summed E-state index contributed by atoms with van der Waals surface area (Å²) in [6.07, 6.45) is 1.67. The summed E-state index contributed by atoms with van der Waals surface area (Å²) in [5.74, 6) is 0.694. The minimum atomic E-state index is -0.914. The second-order valence-electron chi connectivity index (χ2n) is 4.43. The molecule has 0 aromatic heterocycles. The van der Waals surface area contributed by atoms with Crippen LogP contribution in [0.25, 0.3) is 0 Å². The van der Waals surface area contributed by atoms with E-state index in [0.717, 1.165) is 16.8 Å². The van der Waals surface area contributed by atoms with Crippen LogP contribution in [0.1, 0.15) is 37.8 Å². The van der Waals surface area contributed by atoms with Crippen LogP contribution in [0.15, 0.2) is 18.2 Å². The van der Waals surface area contributed by atoms with Gasteiger partial charge in [-0.05, 0) is 17.0 Å². The lowest BCUT2D eigenvalue weighted by molar-refractivity contribution is -0.114. The SMILES string of the molecule is CC(=O)Nc1c(CS(C)=O)cccc1C(C)C. The van der Waals surface area contributed by atoms with Gasteiger partial charge in [-0.2, -0.15) is 0 Å². The molecule has 94 valence electrons. The molecule has 0 aliphatic carbocycles. The Morgan fingerprint density at radius 3 is 2.53 bits per heavy atom. The van der Waals surface area contributed by atoms with E-state index in [4.69, 9.17) is 0 Å². The number of hydrogen-bond donors (Lipinski definition) is 1. The summed E-state index contributed by atoms with van der Waals surface area (Å²) in [4.78, 5) is 11.2. The summed E-state index contributed by atoms with van der Waals surface area (Å²) in [6, 6.07) is 5.86. The maximum Gasteiger partial charge on any atom is 0.221 e. The van der Waals surface area contributed by atoms with Crippen molar-refractivity contribution in [3.8, 4) is 0 Å². The van der Waals surface area contributed by atoms with E-state index >= 15 is 0 Å². The van der Waals surface area contributed by atoms with Gasteiger partial charge in [-0.15, -0.1) is 0 Å². The lowest BCUT2D eigenvalue weighted by atomic mass is 9.98. The molecule has 3 nitrogen and oxygen atoms in total. The van der Waals surface area contributed by atoms with Gasteiger partial charge in [0.25, 0.3) is 0 Å². The van der Waals surface area contributed by atoms with Gasteiger partial charge in [-0.3, -0.25) is 9.00 Å². The third-order valence-corrected chi connectivity index (χ3v) is 3.18. The molecule has 0 saturated carbocycles. The molecule has 1 N–H and O–H groups in total. The van der Waals surface area contributed by atoms with Gasteiger partial charge in [-0.1, -0.05) is 32.0 Å². The molecule has 1 rings (SSSR count). The summed E-state index contributed by atoms with van der Waals surface area (Å²) in [7, 11) is -0.914. The number of amides is 1. The van der Waals surface area contributed by atoms with E-state index < -0.39 is 10.8 Å². The second-order valence-corrected chi connectivity index (χ2v) is 5.87. The minimum absolute atomic E-state index is 0.0961. The van der Waals surface area contributed by atoms with E-state index in [0.29, 0.717) is 11.7 Å². The zero-order valence-corrected chi connectivity index (χ0v) is 11.6. The number of carbonyl (C=O) groups excluding carboxylic acids is 1. The molecule has 1 atom stereocenters. The molecule has 0 bridgehead atoms. The Bertz CT molecular complexity index is 441. The molecule has 0 aliphatic rings. The molecular formula is C13H19NO2S. The Labute approximate surface area is 105 Å². The fourth-order valence-corrected chi connectivity index (χ4v) is 2.45. The lowest BCUT2D eigenvalue weighted by Gasteiger charge is -2.17. The number of nitrogens with one attached hydrogen (secondary N) is 1. The van der Waals surface area contributed by atoms with E-state index in [9.17, 15) is 9.00 Å². The molecule has 1 amide bonds. The van der Waals surface area contributed by atoms with E-state index in [-0.39, 0.29) is 5.91 Å². The van der Waals surface area contributed by atoms with E-state index in [2.05, 4.69) is 19.2 Å². The standard InChI is InChI=1S/C13H19NO2S/c1-9(2)12-7-5-6-11(8-17(4)16)13(12)14-10(3)15/h5-7,9H,8H2,1-4H3,(H,14,15). The first kappa shape index (κ1) is 13.9. The third kappa shape index (κ3) is 3.97. The monoisotopic (exact) mass is 253 g/mol. The molecule has 4 heteroatoms. The van der Waals surface area contributed by atoms with Gasteiger partial charge in [0.1, 0.15) is 0 Å². The molecule has 1 aromatic carbocycles. The topological polar surface area (TPSA) is 46.2 Å². The molecule has 0 spiro atoms. The molecule has 1 aromatic rings. The van der Waals surface area contributed by atoms with Crippen LogP contribution in [-0.4, -0.2) is 16.4 Å². The van der Waals surface area contributed by atoms with Crippen molar-refractivity contribution in [1.29, 1.82) is 0 Å². The highest BCUT2D eigenvalue weighted by atomic mass is 32.2. The highest BCUT2D eigenvalue weighted by Gasteiger charge is 2.13. The number of rotatable bonds is 4. The number of hydrogen-bond acceptors (Lipinski definition) is 2. The van der Waals surface area contributed by atoms with Crippen LogP contribution in [0.3, 0.4) is 0 Å². The predicted molar refractivity (Wildman–Crippen MR) is 72.6 cm³/mol. The fourth-order valence-electron chi connectivity index (χ4n) is 1.77. The Kier molecular flexibility index (Phi) is 4.87. The normalized spacial score (nSPS) is 12.5. The molecule has 0 saturated heterocycles. The molecular weight excluding hydrogens is 234 g/mol. The Balaban J connectivity index is 3.23. The first-order valence-electron chi connectivity index (χ1n) is 5.61. The summed E-state index contributed by atoms with van der Waals surface area (Å²) in [6.45, 7) is 5.64. The molecule has 0 aliphatic heterocycles. The van der Waals surface area contributed by atoms with Crippen molar-refractivity contribution < 1.29 is 9.00 Å². The molecule has 17 heavy (non-hydrogen) atoms. The van der Waals surface area contributed by atoms with E-state index in [1.54, 1.807) is 6.26 Å². The van der Waals surface area contributed by atoms with Gasteiger partial charge in [0.15, 0.2) is 0 Å². The smallest absolute Gasteiger partial charge is 0.221 e. The van der Waals surface area contributed by atoms with Crippen LogP contribution in [0, 0.1) is 0 Å². The van der Waals surface area contributed by atoms with Gasteiger partial charge < -0.3 is 5.32 Å². The van der Waals surface area contributed by atoms with Crippen molar-refractivity contribution in [3.63, 3.8) is 0 Å². The van der Waals surface area contributed by atoms with Gasteiger partial charge in [0, 0.05) is 29.7 Å². The van der Waals surface area contributed by atoms with Gasteiger partial charge in [-0.25, -0.2) is 0 Å². The number of para-hydroxylation sites is 1. The molecule has 0 radical (unpaired) electrons. The predicted octanol–water partition coefficient (Wildman–Crippen LogP) is 2.65. The van der Waals surface area contributed by atoms with Crippen molar-refractivity contribution >= 4 is 22.4 Å². The number of carbonyl (C=O) groups is 1. The van der Waals surface area contributed by atoms with Crippen molar-refractivity contribution in [1.82, 2.24) is 0 Å². The van der Waals surface area contributed by atoms with Crippen molar-refractivity contribution in [2.75, 3.05) is 11.6 Å². The fraction of sp³-hybridized carbons (Fsp3) is 0.462. The Morgan fingerprint density at radius 2 is 2.06 bits per heavy atom. The average Bonchev–Trinajstić information content (AvgIpc) is 2.18. The first-order valence-corrected chi connectivity index (χ1v) is 7.34. The van der Waals surface area contributed by atoms with Gasteiger partial charge in [0.05, 0.1) is 5.75 Å². The summed E-state index contributed by atoms with van der Waals surface area (Å²) in [5, 5.41) is 2.86. The van der Waals surface area contributed by atoms with Crippen molar-refractivity contribution in [3.05, 3.63) is 29.3 Å². The highest BCUT2D eigenvalue weighted by Crippen LogP contribution is 2.28. The minimum Gasteiger partial charge on any atom is -0.326 e. The van der Waals surface area contributed by atoms with Crippen molar-refractivity contribution in [2.45, 2.75) is 32.4 Å². The van der Waals surface area contributed by atoms with Gasteiger partial charge in [0.2, 0.25) is 5.91 Å². The quantitative estimate of drug-likeness (QED) is 0.896. The number of anilines is 1. The Morgan fingerprint density at radius 1 is 1.41 bits per heavy atom. The summed E-state index contributed by atoms with van der Waals surface area (Å²) in [5.41, 5.74) is 2.85. The zero-order valence-electron chi connectivity index (χ0n) is 10.7. The number of benzene rings is 1. The molecule has 0 heterocycles. The van der Waals surface area contributed by atoms with Crippen LogP contribution in [0.2, 0.25) is 0 Å². The average molecular weight is 253 g/mol. The first-order chi connectivity index (χ1) is 7.91. The maximum atomic E-state index is 11.3. The van der Waals surface area contributed by atoms with Crippen LogP contribution in [0.4, 0.5) is 5.69 Å². The Hall–Kier alpha value is -1.16. The van der Waals surface area contributed by atoms with Crippen LogP contribution < -0.4 is 5.32 Å². The highest BCUT2D eigenvalue weighted by molar-refractivity contribution is 7.83. The molecule has 1 unspecified atom stereocenters. The van der Waals surface area contributed by atoms with Crippen LogP contribution >= 0.6 is 0 Å². The van der Waals surface area contributed by atoms with Crippen molar-refractivity contribution in [2.24, 2.45) is 0 Å². The third-order valence-electron chi connectivity index (χ3n) is 2.46. The van der Waals surface area contributed by atoms with E-state index in [1.165, 1.54) is 6.92 Å². The summed E-state index contributed by atoms with van der Waals surface area (Å²) >= 11 is 0. The van der Waals surface area contributed by atoms with Gasteiger partial charge >= 0.3 is 0 Å². The zero-order chi connectivity index (χ0) is 13.0.